The van der Waals surface area contributed by atoms with Crippen molar-refractivity contribution in [3.05, 3.63) is 12.3 Å². The van der Waals surface area contributed by atoms with Gasteiger partial charge in [-0.2, -0.15) is 0 Å². The molecule has 0 amide bonds. The Bertz CT molecular complexity index is 411. The van der Waals surface area contributed by atoms with E-state index in [0.29, 0.717) is 0 Å². The molecule has 23 heavy (non-hydrogen) atoms. The van der Waals surface area contributed by atoms with Crippen molar-refractivity contribution < 1.29 is 9.47 Å². The topological polar surface area (TPSA) is 21.7 Å². The summed E-state index contributed by atoms with van der Waals surface area (Å²) in [4.78, 5) is 2.55. The Morgan fingerprint density at radius 1 is 0.870 bits per heavy atom. The molecule has 2 saturated heterocycles. The van der Waals surface area contributed by atoms with E-state index >= 15 is 0 Å². The summed E-state index contributed by atoms with van der Waals surface area (Å²) < 4.78 is 12.0. The van der Waals surface area contributed by atoms with Crippen molar-refractivity contribution in [2.24, 2.45) is 5.41 Å². The molecular weight excluding hydrogens is 286 g/mol. The summed E-state index contributed by atoms with van der Waals surface area (Å²) in [5.41, 5.74) is 0.616. The fourth-order valence-corrected chi connectivity index (χ4v) is 3.87. The van der Waals surface area contributed by atoms with Crippen molar-refractivity contribution in [2.75, 3.05) is 13.2 Å². The predicted octanol–water partition coefficient (Wildman–Crippen LogP) is 5.11. The molecule has 2 rings (SSSR count). The van der Waals surface area contributed by atoms with Gasteiger partial charge in [0.25, 0.3) is 0 Å². The highest BCUT2D eigenvalue weighted by Gasteiger charge is 2.39. The summed E-state index contributed by atoms with van der Waals surface area (Å²) in [6.07, 6.45) is 10.4. The predicted molar refractivity (Wildman–Crippen MR) is 96.3 cm³/mol. The van der Waals surface area contributed by atoms with Gasteiger partial charge in [0.2, 0.25) is 0 Å². The van der Waals surface area contributed by atoms with E-state index in [0.717, 1.165) is 26.1 Å². The van der Waals surface area contributed by atoms with Crippen LogP contribution in [0.1, 0.15) is 80.6 Å². The summed E-state index contributed by atoms with van der Waals surface area (Å²) in [5.74, 6) is -0.424. The number of likely N-dealkylation sites (tertiary alicyclic amines) is 1. The molecule has 2 fully saturated rings. The Morgan fingerprint density at radius 3 is 1.91 bits per heavy atom. The molecular formula is C20H37NO2. The van der Waals surface area contributed by atoms with Gasteiger partial charge in [-0.1, -0.05) is 19.9 Å². The minimum atomic E-state index is -0.424. The van der Waals surface area contributed by atoms with Crippen LogP contribution in [0, 0.1) is 5.41 Å². The third-order valence-electron chi connectivity index (χ3n) is 5.44. The third-order valence-corrected chi connectivity index (χ3v) is 5.44. The van der Waals surface area contributed by atoms with E-state index in [4.69, 9.17) is 9.47 Å². The van der Waals surface area contributed by atoms with Crippen molar-refractivity contribution in [3.63, 3.8) is 0 Å². The average molecular weight is 324 g/mol. The maximum atomic E-state index is 5.98. The van der Waals surface area contributed by atoms with Gasteiger partial charge in [-0.05, 0) is 66.5 Å². The van der Waals surface area contributed by atoms with Crippen LogP contribution < -0.4 is 0 Å². The van der Waals surface area contributed by atoms with Crippen LogP contribution in [-0.2, 0) is 9.47 Å². The molecule has 0 N–H and O–H groups in total. The van der Waals surface area contributed by atoms with Crippen LogP contribution in [-0.4, -0.2) is 35.0 Å². The van der Waals surface area contributed by atoms with E-state index in [-0.39, 0.29) is 16.5 Å². The maximum absolute atomic E-state index is 5.98. The highest BCUT2D eigenvalue weighted by atomic mass is 16.7. The lowest BCUT2D eigenvalue weighted by Crippen LogP contribution is -2.55. The lowest BCUT2D eigenvalue weighted by Gasteiger charge is -2.53. The summed E-state index contributed by atoms with van der Waals surface area (Å²) in [5, 5.41) is 0. The third kappa shape index (κ3) is 4.73. The van der Waals surface area contributed by atoms with E-state index in [1.807, 2.05) is 0 Å². The molecule has 134 valence electrons. The van der Waals surface area contributed by atoms with Gasteiger partial charge in [-0.25, -0.2) is 0 Å². The average Bonchev–Trinajstić information content (AvgIpc) is 2.40. The molecule has 3 heteroatoms. The van der Waals surface area contributed by atoms with Crippen molar-refractivity contribution >= 4 is 0 Å². The summed E-state index contributed by atoms with van der Waals surface area (Å²) >= 11 is 0. The lowest BCUT2D eigenvalue weighted by atomic mass is 9.80. The molecule has 0 radical (unpaired) electrons. The summed E-state index contributed by atoms with van der Waals surface area (Å²) in [6, 6.07) is 0. The molecule has 0 aromatic carbocycles. The normalized spacial score (nSPS) is 28.9. The largest absolute Gasteiger partial charge is 0.368 e. The highest BCUT2D eigenvalue weighted by Crippen LogP contribution is 2.38. The van der Waals surface area contributed by atoms with Gasteiger partial charge in [-0.3, -0.25) is 0 Å². The van der Waals surface area contributed by atoms with Gasteiger partial charge in [0, 0.05) is 22.9 Å². The maximum Gasteiger partial charge on any atom is 0.165 e. The Kier molecular flexibility index (Phi) is 5.23. The molecule has 0 spiro atoms. The number of piperidine rings is 1. The first-order valence-corrected chi connectivity index (χ1v) is 9.20. The van der Waals surface area contributed by atoms with Gasteiger partial charge < -0.3 is 14.4 Å². The molecule has 0 saturated carbocycles. The number of hydrogen-bond acceptors (Lipinski definition) is 3. The zero-order valence-corrected chi connectivity index (χ0v) is 16.4. The second-order valence-corrected chi connectivity index (χ2v) is 9.65. The molecule has 0 aromatic heterocycles. The molecule has 2 aliphatic heterocycles. The molecule has 0 aromatic rings. The van der Waals surface area contributed by atoms with E-state index < -0.39 is 5.79 Å². The zero-order valence-electron chi connectivity index (χ0n) is 16.4. The van der Waals surface area contributed by atoms with E-state index in [2.05, 4.69) is 65.6 Å². The molecule has 0 aliphatic carbocycles. The highest BCUT2D eigenvalue weighted by molar-refractivity contribution is 5.03. The van der Waals surface area contributed by atoms with Crippen molar-refractivity contribution in [2.45, 2.75) is 97.4 Å². The fourth-order valence-electron chi connectivity index (χ4n) is 3.87. The van der Waals surface area contributed by atoms with Gasteiger partial charge in [0.1, 0.15) is 0 Å². The van der Waals surface area contributed by atoms with Crippen LogP contribution in [0.5, 0.6) is 0 Å². The van der Waals surface area contributed by atoms with Gasteiger partial charge in [-0.15, -0.1) is 0 Å². The number of hydrogen-bond donors (Lipinski definition) is 0. The first kappa shape index (κ1) is 18.8. The molecule has 0 atom stereocenters. The minimum absolute atomic E-state index is 0.136. The summed E-state index contributed by atoms with van der Waals surface area (Å²) in [7, 11) is 0. The Morgan fingerprint density at radius 2 is 1.39 bits per heavy atom. The molecule has 2 heterocycles. The number of ether oxygens (including phenoxy) is 2. The second kappa shape index (κ2) is 6.40. The van der Waals surface area contributed by atoms with Gasteiger partial charge in [0.05, 0.1) is 13.2 Å². The Labute approximate surface area is 143 Å². The van der Waals surface area contributed by atoms with E-state index in [9.17, 15) is 0 Å². The molecule has 2 aliphatic rings. The molecule has 0 bridgehead atoms. The van der Waals surface area contributed by atoms with Crippen molar-refractivity contribution in [1.82, 2.24) is 4.90 Å². The summed E-state index contributed by atoms with van der Waals surface area (Å²) in [6.45, 7) is 17.4. The Hall–Kier alpha value is -0.540. The fraction of sp³-hybridized carbons (Fsp3) is 0.900. The number of nitrogens with zero attached hydrogens (tertiary/aromatic N) is 1. The number of allylic oxidation sites excluding steroid dienone is 1. The van der Waals surface area contributed by atoms with Crippen LogP contribution in [0.25, 0.3) is 0 Å². The van der Waals surface area contributed by atoms with Crippen LogP contribution in [0.3, 0.4) is 0 Å². The first-order valence-electron chi connectivity index (χ1n) is 9.20. The van der Waals surface area contributed by atoms with Crippen LogP contribution in [0.15, 0.2) is 12.3 Å². The van der Waals surface area contributed by atoms with Crippen LogP contribution >= 0.6 is 0 Å². The quantitative estimate of drug-likeness (QED) is 0.717. The van der Waals surface area contributed by atoms with Crippen molar-refractivity contribution in [3.8, 4) is 0 Å². The first-order chi connectivity index (χ1) is 10.5. The lowest BCUT2D eigenvalue weighted by molar-refractivity contribution is -0.291. The molecule has 0 unspecified atom stereocenters. The van der Waals surface area contributed by atoms with E-state index in [1.165, 1.54) is 19.3 Å². The van der Waals surface area contributed by atoms with Crippen LogP contribution in [0.4, 0.5) is 0 Å². The monoisotopic (exact) mass is 323 g/mol. The minimum Gasteiger partial charge on any atom is -0.368 e. The zero-order chi connectivity index (χ0) is 17.4. The van der Waals surface area contributed by atoms with Crippen LogP contribution in [0.2, 0.25) is 0 Å². The Balaban J connectivity index is 1.89. The van der Waals surface area contributed by atoms with Crippen molar-refractivity contribution in [1.29, 1.82) is 0 Å². The second-order valence-electron chi connectivity index (χ2n) is 9.65. The smallest absolute Gasteiger partial charge is 0.165 e. The molecule has 3 nitrogen and oxygen atoms in total. The van der Waals surface area contributed by atoms with Gasteiger partial charge >= 0.3 is 0 Å². The SMILES string of the molecule is CC1(C)COC(C)(CC/C=C/N2C(C)(C)CCCC2(C)C)OC1. The van der Waals surface area contributed by atoms with Gasteiger partial charge in [0.15, 0.2) is 5.79 Å². The standard InChI is InChI=1S/C20H37NO2/c1-17(2)15-22-20(7,23-16-17)13-8-9-14-21-18(3,4)11-10-12-19(21,5)6/h9,14H,8,10-13,15-16H2,1-7H3/b14-9+. The number of rotatable bonds is 4. The van der Waals surface area contributed by atoms with E-state index in [1.54, 1.807) is 0 Å².